The highest BCUT2D eigenvalue weighted by Gasteiger charge is 2.22. The van der Waals surface area contributed by atoms with Gasteiger partial charge in [0.25, 0.3) is 0 Å². The van der Waals surface area contributed by atoms with Crippen molar-refractivity contribution >= 4 is 21.6 Å². The average molecular weight is 319 g/mol. The Labute approximate surface area is 139 Å². The molecule has 0 saturated carbocycles. The van der Waals surface area contributed by atoms with Crippen molar-refractivity contribution in [2.24, 2.45) is 0 Å². The van der Waals surface area contributed by atoms with Gasteiger partial charge in [0.05, 0.1) is 27.4 Å². The highest BCUT2D eigenvalue weighted by Crippen LogP contribution is 2.30. The van der Waals surface area contributed by atoms with Gasteiger partial charge >= 0.3 is 0 Å². The highest BCUT2D eigenvalue weighted by atomic mass is 32.1. The Morgan fingerprint density at radius 1 is 1.22 bits per heavy atom. The Bertz CT molecular complexity index is 906. The van der Waals surface area contributed by atoms with E-state index in [1.807, 2.05) is 17.6 Å². The minimum Gasteiger partial charge on any atom is -0.292 e. The van der Waals surface area contributed by atoms with Crippen molar-refractivity contribution in [1.29, 1.82) is 5.26 Å². The number of rotatable bonds is 2. The molecule has 1 unspecified atom stereocenters. The molecule has 0 amide bonds. The summed E-state index contributed by atoms with van der Waals surface area (Å²) in [4.78, 5) is 6.91. The first-order valence-electron chi connectivity index (χ1n) is 7.84. The van der Waals surface area contributed by atoms with Gasteiger partial charge in [0, 0.05) is 19.1 Å². The molecule has 0 spiro atoms. The SMILES string of the molecule is CC(c1ccc2scnc2c1)N1CCc2ccc(C#N)cc2C1. The maximum atomic E-state index is 9.10. The number of nitrogens with zero attached hydrogens (tertiary/aromatic N) is 3. The summed E-state index contributed by atoms with van der Waals surface area (Å²) in [5, 5.41) is 9.10. The van der Waals surface area contributed by atoms with Gasteiger partial charge in [-0.1, -0.05) is 12.1 Å². The van der Waals surface area contributed by atoms with E-state index < -0.39 is 0 Å². The van der Waals surface area contributed by atoms with Gasteiger partial charge in [-0.15, -0.1) is 11.3 Å². The molecular weight excluding hydrogens is 302 g/mol. The normalized spacial score (nSPS) is 16.0. The summed E-state index contributed by atoms with van der Waals surface area (Å²) in [7, 11) is 0. The third-order valence-corrected chi connectivity index (χ3v) is 5.57. The van der Waals surface area contributed by atoms with E-state index >= 15 is 0 Å². The van der Waals surface area contributed by atoms with Crippen LogP contribution in [-0.4, -0.2) is 16.4 Å². The summed E-state index contributed by atoms with van der Waals surface area (Å²) in [6.45, 7) is 4.21. The Balaban J connectivity index is 1.61. The van der Waals surface area contributed by atoms with Crippen LogP contribution in [0.5, 0.6) is 0 Å². The molecule has 0 radical (unpaired) electrons. The molecule has 23 heavy (non-hydrogen) atoms. The predicted octanol–water partition coefficient (Wildman–Crippen LogP) is 4.29. The van der Waals surface area contributed by atoms with Crippen LogP contribution in [0, 0.1) is 11.3 Å². The zero-order valence-corrected chi connectivity index (χ0v) is 13.8. The number of fused-ring (bicyclic) bond motifs is 2. The number of nitriles is 1. The number of thiazole rings is 1. The zero-order valence-electron chi connectivity index (χ0n) is 13.0. The van der Waals surface area contributed by atoms with E-state index in [0.717, 1.165) is 30.6 Å². The summed E-state index contributed by atoms with van der Waals surface area (Å²) in [5.74, 6) is 0. The van der Waals surface area contributed by atoms with Gasteiger partial charge in [-0.05, 0) is 54.3 Å². The first-order valence-corrected chi connectivity index (χ1v) is 8.71. The van der Waals surface area contributed by atoms with Crippen LogP contribution in [0.4, 0.5) is 0 Å². The molecule has 0 aliphatic carbocycles. The van der Waals surface area contributed by atoms with E-state index in [4.69, 9.17) is 5.26 Å². The molecule has 0 saturated heterocycles. The summed E-state index contributed by atoms with van der Waals surface area (Å²) in [6.07, 6.45) is 1.05. The van der Waals surface area contributed by atoms with Crippen LogP contribution in [0.3, 0.4) is 0 Å². The molecule has 3 aromatic rings. The third kappa shape index (κ3) is 2.63. The van der Waals surface area contributed by atoms with Crippen molar-refractivity contribution in [3.05, 3.63) is 64.2 Å². The van der Waals surface area contributed by atoms with Crippen LogP contribution >= 0.6 is 11.3 Å². The summed E-state index contributed by atoms with van der Waals surface area (Å²) in [6, 6.07) is 15.3. The van der Waals surface area contributed by atoms with Gasteiger partial charge in [-0.2, -0.15) is 5.26 Å². The molecule has 1 atom stereocenters. The fourth-order valence-electron chi connectivity index (χ4n) is 3.32. The summed E-state index contributed by atoms with van der Waals surface area (Å²) < 4.78 is 1.24. The van der Waals surface area contributed by atoms with Crippen molar-refractivity contribution < 1.29 is 0 Å². The van der Waals surface area contributed by atoms with Crippen molar-refractivity contribution in [2.45, 2.75) is 25.9 Å². The van der Waals surface area contributed by atoms with Crippen LogP contribution in [0.15, 0.2) is 41.9 Å². The van der Waals surface area contributed by atoms with E-state index in [1.54, 1.807) is 11.3 Å². The zero-order chi connectivity index (χ0) is 15.8. The van der Waals surface area contributed by atoms with Crippen molar-refractivity contribution in [1.82, 2.24) is 9.88 Å². The minimum absolute atomic E-state index is 0.347. The van der Waals surface area contributed by atoms with Gasteiger partial charge in [0.15, 0.2) is 0 Å². The first-order chi connectivity index (χ1) is 11.2. The predicted molar refractivity (Wildman–Crippen MR) is 93.3 cm³/mol. The highest BCUT2D eigenvalue weighted by molar-refractivity contribution is 7.16. The average Bonchev–Trinajstić information content (AvgIpc) is 3.07. The first kappa shape index (κ1) is 14.4. The van der Waals surface area contributed by atoms with Gasteiger partial charge in [0.2, 0.25) is 0 Å². The molecule has 1 aliphatic rings. The van der Waals surface area contributed by atoms with Gasteiger partial charge in [0.1, 0.15) is 0 Å². The van der Waals surface area contributed by atoms with E-state index in [1.165, 1.54) is 21.4 Å². The molecular formula is C19H17N3S. The maximum absolute atomic E-state index is 9.10. The molecule has 2 aromatic carbocycles. The van der Waals surface area contributed by atoms with Crippen LogP contribution in [-0.2, 0) is 13.0 Å². The van der Waals surface area contributed by atoms with Gasteiger partial charge in [-0.25, -0.2) is 4.98 Å². The van der Waals surface area contributed by atoms with Gasteiger partial charge < -0.3 is 0 Å². The Hall–Kier alpha value is -2.22. The molecule has 1 aliphatic heterocycles. The molecule has 4 rings (SSSR count). The second-order valence-electron chi connectivity index (χ2n) is 6.07. The second kappa shape index (κ2) is 5.77. The molecule has 0 bridgehead atoms. The quantitative estimate of drug-likeness (QED) is 0.707. The Morgan fingerprint density at radius 2 is 2.13 bits per heavy atom. The lowest BCUT2D eigenvalue weighted by molar-refractivity contribution is 0.192. The van der Waals surface area contributed by atoms with Crippen LogP contribution in [0.25, 0.3) is 10.2 Å². The second-order valence-corrected chi connectivity index (χ2v) is 6.96. The third-order valence-electron chi connectivity index (χ3n) is 4.76. The largest absolute Gasteiger partial charge is 0.292 e. The Kier molecular flexibility index (Phi) is 3.60. The number of benzene rings is 2. The van der Waals surface area contributed by atoms with E-state index in [2.05, 4.69) is 47.1 Å². The van der Waals surface area contributed by atoms with E-state index in [9.17, 15) is 0 Å². The summed E-state index contributed by atoms with van der Waals surface area (Å²) >= 11 is 1.68. The monoisotopic (exact) mass is 319 g/mol. The van der Waals surface area contributed by atoms with Gasteiger partial charge in [-0.3, -0.25) is 4.90 Å². The fraction of sp³-hybridized carbons (Fsp3) is 0.263. The van der Waals surface area contributed by atoms with Crippen LogP contribution < -0.4 is 0 Å². The summed E-state index contributed by atoms with van der Waals surface area (Å²) in [5.41, 5.74) is 7.72. The fourth-order valence-corrected chi connectivity index (χ4v) is 3.98. The number of hydrogen-bond acceptors (Lipinski definition) is 4. The smallest absolute Gasteiger partial charge is 0.0991 e. The molecule has 1 aromatic heterocycles. The molecule has 3 nitrogen and oxygen atoms in total. The van der Waals surface area contributed by atoms with E-state index in [-0.39, 0.29) is 0 Å². The van der Waals surface area contributed by atoms with Crippen LogP contribution in [0.1, 0.15) is 35.2 Å². The minimum atomic E-state index is 0.347. The lowest BCUT2D eigenvalue weighted by Crippen LogP contribution is -2.32. The van der Waals surface area contributed by atoms with Crippen molar-refractivity contribution in [3.63, 3.8) is 0 Å². The topological polar surface area (TPSA) is 39.9 Å². The molecule has 2 heterocycles. The standard InChI is InChI=1S/C19H17N3S/c1-13(16-4-5-19-18(9-16)21-12-23-19)22-7-6-15-3-2-14(10-20)8-17(15)11-22/h2-5,8-9,12-13H,6-7,11H2,1H3. The van der Waals surface area contributed by atoms with Crippen molar-refractivity contribution in [2.75, 3.05) is 6.54 Å². The molecule has 4 heteroatoms. The molecule has 0 fully saturated rings. The number of aromatic nitrogens is 1. The maximum Gasteiger partial charge on any atom is 0.0991 e. The lowest BCUT2D eigenvalue weighted by atomic mass is 9.95. The van der Waals surface area contributed by atoms with Crippen LogP contribution in [0.2, 0.25) is 0 Å². The Morgan fingerprint density at radius 3 is 3.00 bits per heavy atom. The lowest BCUT2D eigenvalue weighted by Gasteiger charge is -2.34. The van der Waals surface area contributed by atoms with E-state index in [0.29, 0.717) is 6.04 Å². The number of hydrogen-bond donors (Lipinski definition) is 0. The molecule has 114 valence electrons. The van der Waals surface area contributed by atoms with Crippen molar-refractivity contribution in [3.8, 4) is 6.07 Å². The molecule has 0 N–H and O–H groups in total.